The van der Waals surface area contributed by atoms with Gasteiger partial charge in [-0.05, 0) is 49.9 Å². The predicted molar refractivity (Wildman–Crippen MR) is 71.7 cm³/mol. The second kappa shape index (κ2) is 5.85. The lowest BCUT2D eigenvalue weighted by Crippen LogP contribution is -2.36. The maximum absolute atomic E-state index is 6.00. The van der Waals surface area contributed by atoms with Gasteiger partial charge in [0.05, 0.1) is 6.10 Å². The lowest BCUT2D eigenvalue weighted by Gasteiger charge is -2.16. The lowest BCUT2D eigenvalue weighted by molar-refractivity contribution is 0.0741. The number of hydrogen-bond donors (Lipinski definition) is 1. The molecule has 0 spiro atoms. The number of fused-ring (bicyclic) bond motifs is 1. The molecule has 0 bridgehead atoms. The first-order valence-electron chi connectivity index (χ1n) is 6.31. The van der Waals surface area contributed by atoms with Crippen molar-refractivity contribution in [2.75, 3.05) is 13.2 Å². The summed E-state index contributed by atoms with van der Waals surface area (Å²) in [4.78, 5) is 0. The summed E-state index contributed by atoms with van der Waals surface area (Å²) in [6, 6.07) is 6.74. The van der Waals surface area contributed by atoms with Gasteiger partial charge in [0.15, 0.2) is 0 Å². The van der Waals surface area contributed by atoms with Gasteiger partial charge in [0.25, 0.3) is 0 Å². The minimum absolute atomic E-state index is 0.285. The second-order valence-electron chi connectivity index (χ2n) is 4.69. The lowest BCUT2D eigenvalue weighted by atomic mass is 10.1. The number of nitrogens with one attached hydrogen (secondary N) is 1. The monoisotopic (exact) mass is 253 g/mol. The first-order chi connectivity index (χ1) is 8.19. The molecule has 94 valence electrons. The number of halogens is 1. The zero-order chi connectivity index (χ0) is 12.3. The van der Waals surface area contributed by atoms with Crippen LogP contribution < -0.4 is 5.32 Å². The molecule has 2 nitrogen and oxygen atoms in total. The molecule has 2 atom stereocenters. The third-order valence-corrected chi connectivity index (χ3v) is 3.48. The fourth-order valence-electron chi connectivity index (χ4n) is 2.41. The largest absolute Gasteiger partial charge is 0.377 e. The van der Waals surface area contributed by atoms with Gasteiger partial charge in [-0.3, -0.25) is 0 Å². The van der Waals surface area contributed by atoms with Crippen molar-refractivity contribution in [2.24, 2.45) is 0 Å². The molecule has 1 aliphatic carbocycles. The van der Waals surface area contributed by atoms with Crippen molar-refractivity contribution in [3.63, 3.8) is 0 Å². The van der Waals surface area contributed by atoms with Gasteiger partial charge in [-0.2, -0.15) is 0 Å². The van der Waals surface area contributed by atoms with Crippen LogP contribution in [0.3, 0.4) is 0 Å². The summed E-state index contributed by atoms with van der Waals surface area (Å²) in [6.07, 6.45) is 2.47. The van der Waals surface area contributed by atoms with Gasteiger partial charge in [-0.25, -0.2) is 0 Å². The molecule has 0 saturated carbocycles. The fraction of sp³-hybridized carbons (Fsp3) is 0.571. The molecule has 0 radical (unpaired) electrons. The van der Waals surface area contributed by atoms with Gasteiger partial charge < -0.3 is 10.1 Å². The van der Waals surface area contributed by atoms with Crippen molar-refractivity contribution in [3.8, 4) is 0 Å². The van der Waals surface area contributed by atoms with E-state index >= 15 is 0 Å². The highest BCUT2D eigenvalue weighted by atomic mass is 35.5. The Morgan fingerprint density at radius 1 is 1.41 bits per heavy atom. The third kappa shape index (κ3) is 3.44. The molecule has 1 aliphatic rings. The van der Waals surface area contributed by atoms with Crippen molar-refractivity contribution in [1.29, 1.82) is 0 Å². The van der Waals surface area contributed by atoms with Gasteiger partial charge in [0.1, 0.15) is 0 Å². The van der Waals surface area contributed by atoms with Crippen LogP contribution in [0.4, 0.5) is 0 Å². The zero-order valence-corrected chi connectivity index (χ0v) is 11.3. The van der Waals surface area contributed by atoms with E-state index in [-0.39, 0.29) is 6.10 Å². The van der Waals surface area contributed by atoms with Gasteiger partial charge >= 0.3 is 0 Å². The van der Waals surface area contributed by atoms with Crippen molar-refractivity contribution < 1.29 is 4.74 Å². The van der Waals surface area contributed by atoms with Crippen molar-refractivity contribution >= 4 is 11.6 Å². The highest BCUT2D eigenvalue weighted by Crippen LogP contribution is 2.25. The predicted octanol–water partition coefficient (Wildman–Crippen LogP) is 2.82. The molecular weight excluding hydrogens is 234 g/mol. The summed E-state index contributed by atoms with van der Waals surface area (Å²) >= 11 is 6.00. The van der Waals surface area contributed by atoms with E-state index in [1.54, 1.807) is 0 Å². The fourth-order valence-corrected chi connectivity index (χ4v) is 2.60. The van der Waals surface area contributed by atoms with E-state index in [0.717, 1.165) is 31.0 Å². The topological polar surface area (TPSA) is 21.3 Å². The molecule has 2 unspecified atom stereocenters. The molecule has 0 heterocycles. The van der Waals surface area contributed by atoms with Crippen LogP contribution in [0.15, 0.2) is 18.2 Å². The van der Waals surface area contributed by atoms with Gasteiger partial charge in [-0.15, -0.1) is 0 Å². The van der Waals surface area contributed by atoms with Crippen LogP contribution in [0.25, 0.3) is 0 Å². The Morgan fingerprint density at radius 2 is 2.18 bits per heavy atom. The maximum Gasteiger partial charge on any atom is 0.0671 e. The molecule has 0 aliphatic heterocycles. The molecule has 0 amide bonds. The van der Waals surface area contributed by atoms with Crippen LogP contribution in [0, 0.1) is 0 Å². The van der Waals surface area contributed by atoms with Crippen molar-refractivity contribution in [3.05, 3.63) is 34.3 Å². The van der Waals surface area contributed by atoms with Gasteiger partial charge in [-0.1, -0.05) is 17.7 Å². The molecule has 3 heteroatoms. The Kier molecular flexibility index (Phi) is 4.43. The molecule has 17 heavy (non-hydrogen) atoms. The van der Waals surface area contributed by atoms with Gasteiger partial charge in [0, 0.05) is 24.2 Å². The summed E-state index contributed by atoms with van der Waals surface area (Å²) in [5.41, 5.74) is 2.81. The second-order valence-corrected chi connectivity index (χ2v) is 5.13. The Bertz CT molecular complexity index is 380. The molecule has 1 N–H and O–H groups in total. The van der Waals surface area contributed by atoms with E-state index in [9.17, 15) is 0 Å². The average Bonchev–Trinajstić information content (AvgIpc) is 2.68. The van der Waals surface area contributed by atoms with Gasteiger partial charge in [0.2, 0.25) is 0 Å². The van der Waals surface area contributed by atoms with Crippen LogP contribution in [-0.2, 0) is 17.6 Å². The average molecular weight is 254 g/mol. The molecule has 1 aromatic carbocycles. The van der Waals surface area contributed by atoms with E-state index in [1.165, 1.54) is 11.1 Å². The van der Waals surface area contributed by atoms with E-state index in [4.69, 9.17) is 16.3 Å². The molecule has 2 rings (SSSR count). The van der Waals surface area contributed by atoms with Crippen LogP contribution in [0.5, 0.6) is 0 Å². The minimum Gasteiger partial charge on any atom is -0.377 e. The Morgan fingerprint density at radius 3 is 2.94 bits per heavy atom. The van der Waals surface area contributed by atoms with Crippen LogP contribution in [-0.4, -0.2) is 25.3 Å². The summed E-state index contributed by atoms with van der Waals surface area (Å²) in [6.45, 7) is 5.84. The first-order valence-corrected chi connectivity index (χ1v) is 6.69. The minimum atomic E-state index is 0.285. The number of benzene rings is 1. The highest BCUT2D eigenvalue weighted by Gasteiger charge is 2.21. The van der Waals surface area contributed by atoms with Crippen LogP contribution in [0.2, 0.25) is 5.02 Å². The summed E-state index contributed by atoms with van der Waals surface area (Å²) in [7, 11) is 0. The number of hydrogen-bond acceptors (Lipinski definition) is 2. The van der Waals surface area contributed by atoms with Crippen molar-refractivity contribution in [2.45, 2.75) is 38.8 Å². The van der Waals surface area contributed by atoms with E-state index in [2.05, 4.69) is 24.4 Å². The SMILES string of the molecule is CCOC(C)CNC1Cc2ccc(Cl)cc2C1. The standard InChI is InChI=1S/C14H20ClNO/c1-3-17-10(2)9-16-14-7-11-4-5-13(15)6-12(11)8-14/h4-6,10,14,16H,3,7-9H2,1-2H3. The quantitative estimate of drug-likeness (QED) is 0.871. The molecular formula is C14H20ClNO. The number of ether oxygens (including phenoxy) is 1. The Hall–Kier alpha value is -0.570. The Labute approximate surface area is 108 Å². The maximum atomic E-state index is 6.00. The van der Waals surface area contributed by atoms with Crippen LogP contribution in [0.1, 0.15) is 25.0 Å². The first kappa shape index (κ1) is 12.9. The summed E-state index contributed by atoms with van der Waals surface area (Å²) < 4.78 is 5.51. The van der Waals surface area contributed by atoms with E-state index < -0.39 is 0 Å². The van der Waals surface area contributed by atoms with E-state index in [0.29, 0.717) is 6.04 Å². The number of rotatable bonds is 5. The molecule has 1 aromatic rings. The molecule has 0 fully saturated rings. The van der Waals surface area contributed by atoms with Crippen molar-refractivity contribution in [1.82, 2.24) is 5.32 Å². The molecule has 0 aromatic heterocycles. The highest BCUT2D eigenvalue weighted by molar-refractivity contribution is 6.30. The Balaban J connectivity index is 1.84. The third-order valence-electron chi connectivity index (χ3n) is 3.25. The molecule has 0 saturated heterocycles. The summed E-state index contributed by atoms with van der Waals surface area (Å²) in [5, 5.41) is 4.40. The zero-order valence-electron chi connectivity index (χ0n) is 10.5. The normalized spacial score (nSPS) is 20.3. The van der Waals surface area contributed by atoms with Crippen LogP contribution >= 0.6 is 11.6 Å². The van der Waals surface area contributed by atoms with E-state index in [1.807, 2.05) is 13.0 Å². The smallest absolute Gasteiger partial charge is 0.0671 e. The summed E-state index contributed by atoms with van der Waals surface area (Å²) in [5.74, 6) is 0.